The molecule has 0 spiro atoms. The van der Waals surface area contributed by atoms with E-state index in [9.17, 15) is 4.57 Å². The fraction of sp³-hybridized carbons (Fsp3) is 0.647. The van der Waals surface area contributed by atoms with Crippen molar-refractivity contribution in [1.29, 1.82) is 0 Å². The summed E-state index contributed by atoms with van der Waals surface area (Å²) in [5, 5.41) is 0.837. The average Bonchev–Trinajstić information content (AvgIpc) is 2.72. The van der Waals surface area contributed by atoms with Gasteiger partial charge in [-0.1, -0.05) is 39.0 Å². The second kappa shape index (κ2) is 4.45. The van der Waals surface area contributed by atoms with Crippen LogP contribution in [0.25, 0.3) is 0 Å². The van der Waals surface area contributed by atoms with E-state index < -0.39 is 7.37 Å². The second-order valence-corrected chi connectivity index (χ2v) is 9.80. The molecule has 0 radical (unpaired) electrons. The molecule has 3 rings (SSSR count). The third kappa shape index (κ3) is 1.92. The maximum absolute atomic E-state index is 13.0. The summed E-state index contributed by atoms with van der Waals surface area (Å²) in [6.07, 6.45) is 3.69. The molecule has 1 aromatic rings. The standard InChI is InChI=1S/C17H25O2P/c1-16(2)13-10-11-17(16,3)15(12-13)19-20(4,18)14-8-6-5-7-9-14/h5-9,13,15H,10-12H2,1-4H3. The van der Waals surface area contributed by atoms with Gasteiger partial charge in [0.25, 0.3) is 0 Å². The minimum absolute atomic E-state index is 0.132. The predicted molar refractivity (Wildman–Crippen MR) is 83.7 cm³/mol. The van der Waals surface area contributed by atoms with E-state index >= 15 is 0 Å². The van der Waals surface area contributed by atoms with Crippen LogP contribution >= 0.6 is 7.37 Å². The lowest BCUT2D eigenvalue weighted by molar-refractivity contribution is 0.0340. The molecule has 4 atom stereocenters. The zero-order valence-corrected chi connectivity index (χ0v) is 13.8. The van der Waals surface area contributed by atoms with Gasteiger partial charge < -0.3 is 4.52 Å². The van der Waals surface area contributed by atoms with Crippen molar-refractivity contribution >= 4 is 12.7 Å². The molecule has 2 nitrogen and oxygen atoms in total. The molecular formula is C17H25O2P. The Morgan fingerprint density at radius 3 is 2.35 bits per heavy atom. The molecule has 0 aromatic heterocycles. The second-order valence-electron chi connectivity index (χ2n) is 7.39. The monoisotopic (exact) mass is 292 g/mol. The van der Waals surface area contributed by atoms with Gasteiger partial charge >= 0.3 is 0 Å². The fourth-order valence-corrected chi connectivity index (χ4v) is 5.93. The van der Waals surface area contributed by atoms with Gasteiger partial charge in [0.05, 0.1) is 6.10 Å². The summed E-state index contributed by atoms with van der Waals surface area (Å²) in [7, 11) is -2.72. The van der Waals surface area contributed by atoms with Crippen molar-refractivity contribution in [2.75, 3.05) is 6.66 Å². The molecule has 2 aliphatic rings. The van der Waals surface area contributed by atoms with Crippen molar-refractivity contribution < 1.29 is 9.09 Å². The number of hydrogen-bond donors (Lipinski definition) is 0. The molecule has 0 amide bonds. The van der Waals surface area contributed by atoms with Crippen molar-refractivity contribution in [2.45, 2.75) is 46.1 Å². The SMILES string of the molecule is CC1(C)C2CCC1(C)C(OP(C)(=O)c1ccccc1)C2. The van der Waals surface area contributed by atoms with Gasteiger partial charge in [-0.25, -0.2) is 0 Å². The highest BCUT2D eigenvalue weighted by Crippen LogP contribution is 2.68. The van der Waals surface area contributed by atoms with E-state index in [1.54, 1.807) is 6.66 Å². The van der Waals surface area contributed by atoms with Crippen LogP contribution in [0.15, 0.2) is 30.3 Å². The number of benzene rings is 1. The first-order chi connectivity index (χ1) is 9.27. The molecule has 4 unspecified atom stereocenters. The Kier molecular flexibility index (Phi) is 3.19. The predicted octanol–water partition coefficient (Wildman–Crippen LogP) is 4.45. The van der Waals surface area contributed by atoms with E-state index in [2.05, 4.69) is 20.8 Å². The van der Waals surface area contributed by atoms with Crippen molar-refractivity contribution in [3.8, 4) is 0 Å². The van der Waals surface area contributed by atoms with Gasteiger partial charge in [-0.15, -0.1) is 0 Å². The Morgan fingerprint density at radius 2 is 1.85 bits per heavy atom. The van der Waals surface area contributed by atoms with Crippen molar-refractivity contribution in [1.82, 2.24) is 0 Å². The molecular weight excluding hydrogens is 267 g/mol. The van der Waals surface area contributed by atoms with Crippen LogP contribution in [0, 0.1) is 16.7 Å². The molecule has 0 heterocycles. The van der Waals surface area contributed by atoms with E-state index in [4.69, 9.17) is 4.52 Å². The minimum atomic E-state index is -2.72. The third-order valence-electron chi connectivity index (χ3n) is 6.27. The Labute approximate surface area is 122 Å². The lowest BCUT2D eigenvalue weighted by Crippen LogP contribution is -2.37. The van der Waals surface area contributed by atoms with Crippen LogP contribution in [0.3, 0.4) is 0 Å². The van der Waals surface area contributed by atoms with Crippen LogP contribution in [0.2, 0.25) is 0 Å². The van der Waals surface area contributed by atoms with Crippen LogP contribution < -0.4 is 5.30 Å². The fourth-order valence-electron chi connectivity index (χ4n) is 4.29. The van der Waals surface area contributed by atoms with Crippen LogP contribution in [-0.4, -0.2) is 12.8 Å². The summed E-state index contributed by atoms with van der Waals surface area (Å²) < 4.78 is 19.2. The topological polar surface area (TPSA) is 26.3 Å². The van der Waals surface area contributed by atoms with Gasteiger partial charge in [0.15, 0.2) is 0 Å². The maximum Gasteiger partial charge on any atom is 0.229 e. The summed E-state index contributed by atoms with van der Waals surface area (Å²) in [5.74, 6) is 0.716. The third-order valence-corrected chi connectivity index (χ3v) is 8.16. The summed E-state index contributed by atoms with van der Waals surface area (Å²) in [6, 6.07) is 9.65. The smallest absolute Gasteiger partial charge is 0.229 e. The van der Waals surface area contributed by atoms with Crippen LogP contribution in [-0.2, 0) is 9.09 Å². The summed E-state index contributed by atoms with van der Waals surface area (Å²) in [6.45, 7) is 8.81. The van der Waals surface area contributed by atoms with Gasteiger partial charge in [-0.3, -0.25) is 4.57 Å². The number of rotatable bonds is 3. The molecule has 2 aliphatic carbocycles. The summed E-state index contributed by atoms with van der Waals surface area (Å²) >= 11 is 0. The average molecular weight is 292 g/mol. The quantitative estimate of drug-likeness (QED) is 0.769. The van der Waals surface area contributed by atoms with Crippen LogP contribution in [0.5, 0.6) is 0 Å². The summed E-state index contributed by atoms with van der Waals surface area (Å²) in [5.41, 5.74) is 0.465. The van der Waals surface area contributed by atoms with E-state index in [0.717, 1.165) is 11.7 Å². The van der Waals surface area contributed by atoms with Gasteiger partial charge in [0.1, 0.15) is 0 Å². The van der Waals surface area contributed by atoms with E-state index in [1.165, 1.54) is 12.8 Å². The van der Waals surface area contributed by atoms with Crippen LogP contribution in [0.1, 0.15) is 40.0 Å². The molecule has 2 bridgehead atoms. The van der Waals surface area contributed by atoms with E-state index in [1.807, 2.05) is 30.3 Å². The van der Waals surface area contributed by atoms with Gasteiger partial charge in [0.2, 0.25) is 7.37 Å². The molecule has 20 heavy (non-hydrogen) atoms. The molecule has 2 saturated carbocycles. The van der Waals surface area contributed by atoms with Gasteiger partial charge in [0, 0.05) is 12.0 Å². The Bertz CT molecular complexity index is 551. The highest BCUT2D eigenvalue weighted by molar-refractivity contribution is 7.66. The zero-order chi connectivity index (χ0) is 14.6. The molecule has 0 aliphatic heterocycles. The molecule has 1 aromatic carbocycles. The molecule has 2 fully saturated rings. The first kappa shape index (κ1) is 14.4. The largest absolute Gasteiger partial charge is 0.321 e. The highest BCUT2D eigenvalue weighted by Gasteiger charge is 2.62. The molecule has 0 N–H and O–H groups in total. The molecule has 0 saturated heterocycles. The molecule has 110 valence electrons. The van der Waals surface area contributed by atoms with Gasteiger partial charge in [-0.2, -0.15) is 0 Å². The zero-order valence-electron chi connectivity index (χ0n) is 12.9. The first-order valence-electron chi connectivity index (χ1n) is 7.59. The summed E-state index contributed by atoms with van der Waals surface area (Å²) in [4.78, 5) is 0. The Balaban J connectivity index is 1.85. The number of hydrogen-bond acceptors (Lipinski definition) is 2. The van der Waals surface area contributed by atoms with Crippen LogP contribution in [0.4, 0.5) is 0 Å². The highest BCUT2D eigenvalue weighted by atomic mass is 31.2. The first-order valence-corrected chi connectivity index (χ1v) is 9.66. The van der Waals surface area contributed by atoms with E-state index in [0.29, 0.717) is 11.3 Å². The number of fused-ring (bicyclic) bond motifs is 2. The van der Waals surface area contributed by atoms with Crippen molar-refractivity contribution in [3.05, 3.63) is 30.3 Å². The lowest BCUT2D eigenvalue weighted by atomic mass is 9.70. The normalized spacial score (nSPS) is 37.8. The van der Waals surface area contributed by atoms with Gasteiger partial charge in [-0.05, 0) is 48.1 Å². The van der Waals surface area contributed by atoms with E-state index in [-0.39, 0.29) is 11.5 Å². The molecule has 3 heteroatoms. The minimum Gasteiger partial charge on any atom is -0.321 e. The Hall–Kier alpha value is -0.590. The lowest BCUT2D eigenvalue weighted by Gasteiger charge is -2.39. The van der Waals surface area contributed by atoms with Crippen molar-refractivity contribution in [2.24, 2.45) is 16.7 Å². The van der Waals surface area contributed by atoms with Crippen molar-refractivity contribution in [3.63, 3.8) is 0 Å². The maximum atomic E-state index is 13.0. The Morgan fingerprint density at radius 1 is 1.20 bits per heavy atom.